The van der Waals surface area contributed by atoms with Gasteiger partial charge in [0.2, 0.25) is 11.2 Å². The number of benzene rings is 3. The first kappa shape index (κ1) is 26.4. The Kier molecular flexibility index (Phi) is 7.38. The number of alkyl halides is 3. The van der Waals surface area contributed by atoms with E-state index in [4.69, 9.17) is 37.1 Å². The highest BCUT2D eigenvalue weighted by Gasteiger charge is 2.40. The van der Waals surface area contributed by atoms with Crippen LogP contribution in [0.5, 0.6) is 17.2 Å². The van der Waals surface area contributed by atoms with Crippen LogP contribution in [0, 0.1) is 13.8 Å². The molecular formula is C26H18Cl2F3NO5. The number of anilines is 1. The molecular weight excluding hydrogens is 534 g/mol. The summed E-state index contributed by atoms with van der Waals surface area (Å²) in [6, 6.07) is 13.0. The van der Waals surface area contributed by atoms with Crippen molar-refractivity contribution in [2.24, 2.45) is 0 Å². The molecule has 1 amide bonds. The average Bonchev–Trinajstić information content (AvgIpc) is 2.80. The quantitative estimate of drug-likeness (QED) is 0.267. The molecule has 4 aromatic rings. The van der Waals surface area contributed by atoms with Crippen molar-refractivity contribution in [1.82, 2.24) is 0 Å². The molecule has 0 aliphatic heterocycles. The van der Waals surface area contributed by atoms with Crippen molar-refractivity contribution in [3.05, 3.63) is 91.8 Å². The Hall–Kier alpha value is -3.69. The first-order valence-electron chi connectivity index (χ1n) is 10.7. The monoisotopic (exact) mass is 551 g/mol. The third-order valence-electron chi connectivity index (χ3n) is 5.07. The zero-order valence-electron chi connectivity index (χ0n) is 19.3. The molecule has 0 saturated carbocycles. The number of rotatable bonds is 6. The van der Waals surface area contributed by atoms with E-state index in [0.717, 1.165) is 17.2 Å². The number of amides is 1. The molecule has 0 atom stereocenters. The van der Waals surface area contributed by atoms with Gasteiger partial charge in [0.15, 0.2) is 6.61 Å². The minimum atomic E-state index is -5.02. The van der Waals surface area contributed by atoms with Gasteiger partial charge in [-0.15, -0.1) is 0 Å². The molecule has 1 aromatic heterocycles. The SMILES string of the molecule is Cc1cc(C)cc(Oc2c(C(F)(F)F)oc3cc(OCC(=O)Nc4cc(Cl)ccc4Cl)ccc3c2=O)c1. The predicted octanol–water partition coefficient (Wildman–Crippen LogP) is 7.55. The zero-order chi connectivity index (χ0) is 26.9. The Balaban J connectivity index is 1.62. The van der Waals surface area contributed by atoms with Crippen LogP contribution in [0.15, 0.2) is 63.8 Å². The number of fused-ring (bicyclic) bond motifs is 1. The van der Waals surface area contributed by atoms with Crippen molar-refractivity contribution in [3.8, 4) is 17.2 Å². The van der Waals surface area contributed by atoms with Crippen LogP contribution in [0.1, 0.15) is 16.9 Å². The van der Waals surface area contributed by atoms with E-state index in [-0.39, 0.29) is 33.2 Å². The maximum Gasteiger partial charge on any atom is 0.453 e. The van der Waals surface area contributed by atoms with Gasteiger partial charge in [-0.3, -0.25) is 9.59 Å². The van der Waals surface area contributed by atoms with Crippen LogP contribution in [0.3, 0.4) is 0 Å². The van der Waals surface area contributed by atoms with Gasteiger partial charge < -0.3 is 19.2 Å². The Morgan fingerprint density at radius 2 is 1.68 bits per heavy atom. The normalized spacial score (nSPS) is 11.4. The molecule has 0 unspecified atom stereocenters. The van der Waals surface area contributed by atoms with Gasteiger partial charge in [0, 0.05) is 11.1 Å². The highest BCUT2D eigenvalue weighted by molar-refractivity contribution is 6.35. The number of ether oxygens (including phenoxy) is 2. The number of nitrogens with one attached hydrogen (secondary N) is 1. The molecule has 4 rings (SSSR count). The molecule has 1 N–H and O–H groups in total. The maximum atomic E-state index is 13.8. The third kappa shape index (κ3) is 6.18. The molecule has 0 aliphatic carbocycles. The van der Waals surface area contributed by atoms with Gasteiger partial charge in [-0.1, -0.05) is 29.3 Å². The molecule has 192 valence electrons. The molecule has 3 aromatic carbocycles. The number of carbonyl (C=O) groups is 1. The van der Waals surface area contributed by atoms with Crippen LogP contribution in [-0.4, -0.2) is 12.5 Å². The Bertz CT molecular complexity index is 1550. The fourth-order valence-corrected chi connectivity index (χ4v) is 3.90. The maximum absolute atomic E-state index is 13.8. The molecule has 11 heteroatoms. The van der Waals surface area contributed by atoms with Gasteiger partial charge in [-0.05, 0) is 67.4 Å². The molecule has 0 saturated heterocycles. The van der Waals surface area contributed by atoms with Crippen LogP contribution in [0.4, 0.5) is 18.9 Å². The number of hydrogen-bond donors (Lipinski definition) is 1. The van der Waals surface area contributed by atoms with E-state index in [1.54, 1.807) is 19.9 Å². The van der Waals surface area contributed by atoms with Crippen LogP contribution < -0.4 is 20.2 Å². The minimum absolute atomic E-state index is 0.000840. The highest BCUT2D eigenvalue weighted by Crippen LogP contribution is 2.39. The van der Waals surface area contributed by atoms with Crippen molar-refractivity contribution in [2.45, 2.75) is 20.0 Å². The number of aryl methyl sites for hydroxylation is 2. The predicted molar refractivity (Wildman–Crippen MR) is 134 cm³/mol. The van der Waals surface area contributed by atoms with E-state index in [1.807, 2.05) is 6.07 Å². The van der Waals surface area contributed by atoms with E-state index < -0.39 is 35.6 Å². The largest absolute Gasteiger partial charge is 0.484 e. The van der Waals surface area contributed by atoms with E-state index in [1.165, 1.54) is 36.4 Å². The third-order valence-corrected chi connectivity index (χ3v) is 5.63. The Morgan fingerprint density at radius 1 is 0.973 bits per heavy atom. The number of halogens is 5. The molecule has 0 aliphatic rings. The molecule has 6 nitrogen and oxygen atoms in total. The first-order chi connectivity index (χ1) is 17.4. The van der Waals surface area contributed by atoms with Crippen LogP contribution in [0.2, 0.25) is 10.0 Å². The summed E-state index contributed by atoms with van der Waals surface area (Å²) < 4.78 is 57.3. The van der Waals surface area contributed by atoms with Crippen LogP contribution in [-0.2, 0) is 11.0 Å². The second-order valence-corrected chi connectivity index (χ2v) is 8.98. The summed E-state index contributed by atoms with van der Waals surface area (Å²) in [5.74, 6) is -3.09. The lowest BCUT2D eigenvalue weighted by atomic mass is 10.1. The van der Waals surface area contributed by atoms with E-state index in [2.05, 4.69) is 5.32 Å². The lowest BCUT2D eigenvalue weighted by molar-refractivity contribution is -0.154. The fourth-order valence-electron chi connectivity index (χ4n) is 3.56. The molecule has 1 heterocycles. The topological polar surface area (TPSA) is 77.8 Å². The Morgan fingerprint density at radius 3 is 2.35 bits per heavy atom. The molecule has 37 heavy (non-hydrogen) atoms. The highest BCUT2D eigenvalue weighted by atomic mass is 35.5. The van der Waals surface area contributed by atoms with Crippen molar-refractivity contribution in [1.29, 1.82) is 0 Å². The van der Waals surface area contributed by atoms with Crippen LogP contribution >= 0.6 is 23.2 Å². The van der Waals surface area contributed by atoms with Crippen molar-refractivity contribution < 1.29 is 31.9 Å². The molecule has 0 bridgehead atoms. The van der Waals surface area contributed by atoms with E-state index in [9.17, 15) is 22.8 Å². The zero-order valence-corrected chi connectivity index (χ0v) is 20.8. The summed E-state index contributed by atoms with van der Waals surface area (Å²) in [5, 5.41) is 2.97. The van der Waals surface area contributed by atoms with Gasteiger partial charge in [0.1, 0.15) is 17.1 Å². The summed E-state index contributed by atoms with van der Waals surface area (Å²) in [5.41, 5.74) is 0.362. The lowest BCUT2D eigenvalue weighted by Crippen LogP contribution is -2.20. The first-order valence-corrected chi connectivity index (χ1v) is 11.5. The lowest BCUT2D eigenvalue weighted by Gasteiger charge is -2.14. The van der Waals surface area contributed by atoms with Gasteiger partial charge in [0.05, 0.1) is 16.1 Å². The fraction of sp³-hybridized carbons (Fsp3) is 0.154. The smallest absolute Gasteiger partial charge is 0.453 e. The summed E-state index contributed by atoms with van der Waals surface area (Å²) in [4.78, 5) is 25.2. The van der Waals surface area contributed by atoms with E-state index >= 15 is 0 Å². The summed E-state index contributed by atoms with van der Waals surface area (Å²) in [6.45, 7) is 3.00. The van der Waals surface area contributed by atoms with Crippen molar-refractivity contribution in [3.63, 3.8) is 0 Å². The number of carbonyl (C=O) groups excluding carboxylic acids is 1. The van der Waals surface area contributed by atoms with Gasteiger partial charge >= 0.3 is 6.18 Å². The van der Waals surface area contributed by atoms with Crippen LogP contribution in [0.25, 0.3) is 11.0 Å². The summed E-state index contributed by atoms with van der Waals surface area (Å²) >= 11 is 11.9. The molecule has 0 radical (unpaired) electrons. The summed E-state index contributed by atoms with van der Waals surface area (Å²) in [6.07, 6.45) is -5.02. The molecule has 0 fully saturated rings. The van der Waals surface area contributed by atoms with Crippen molar-refractivity contribution >= 4 is 45.8 Å². The van der Waals surface area contributed by atoms with Gasteiger partial charge in [0.25, 0.3) is 11.7 Å². The second-order valence-electron chi connectivity index (χ2n) is 8.13. The summed E-state index contributed by atoms with van der Waals surface area (Å²) in [7, 11) is 0. The Labute approximate surface area is 218 Å². The van der Waals surface area contributed by atoms with Gasteiger partial charge in [-0.2, -0.15) is 13.2 Å². The van der Waals surface area contributed by atoms with E-state index in [0.29, 0.717) is 5.02 Å². The molecule has 0 spiro atoms. The standard InChI is InChI=1S/C26H18Cl2F3NO5/c1-13-7-14(2)9-17(8-13)36-24-23(34)18-5-4-16(11-21(18)37-25(24)26(29,30)31)35-12-22(33)32-20-10-15(27)3-6-19(20)28/h3-11H,12H2,1-2H3,(H,32,33). The second kappa shape index (κ2) is 10.4. The van der Waals surface area contributed by atoms with Gasteiger partial charge in [-0.25, -0.2) is 0 Å². The number of hydrogen-bond acceptors (Lipinski definition) is 5. The van der Waals surface area contributed by atoms with Crippen molar-refractivity contribution in [2.75, 3.05) is 11.9 Å². The minimum Gasteiger partial charge on any atom is -0.484 e. The average molecular weight is 552 g/mol.